The molecule has 3 amide bonds. The fourth-order valence-corrected chi connectivity index (χ4v) is 3.85. The highest BCUT2D eigenvalue weighted by molar-refractivity contribution is 7.09. The van der Waals surface area contributed by atoms with E-state index in [2.05, 4.69) is 9.69 Å². The van der Waals surface area contributed by atoms with Gasteiger partial charge < -0.3 is 21.2 Å². The normalized spacial score (nSPS) is 12.2. The van der Waals surface area contributed by atoms with E-state index in [9.17, 15) is 14.4 Å². The lowest BCUT2D eigenvalue weighted by Gasteiger charge is -2.32. The van der Waals surface area contributed by atoms with E-state index in [-0.39, 0.29) is 22.0 Å². The lowest BCUT2D eigenvalue weighted by Crippen LogP contribution is -2.49. The summed E-state index contributed by atoms with van der Waals surface area (Å²) in [7, 11) is 0. The molecule has 11 heteroatoms. The number of carbonyl (C=O) groups is 3. The third kappa shape index (κ3) is 4.92. The minimum atomic E-state index is -1.18. The first-order valence-electron chi connectivity index (χ1n) is 9.49. The highest BCUT2D eigenvalue weighted by Gasteiger charge is 2.38. The number of nitrogen functional groups attached to an aromatic ring is 1. The second-order valence-corrected chi connectivity index (χ2v) is 9.16. The molecule has 3 aromatic rings. The minimum Gasteiger partial charge on any atom is -0.467 e. The molecular formula is C21H22ClN5O4S. The molecular weight excluding hydrogens is 454 g/mol. The molecule has 32 heavy (non-hydrogen) atoms. The summed E-state index contributed by atoms with van der Waals surface area (Å²) in [6, 6.07) is 8.37. The summed E-state index contributed by atoms with van der Waals surface area (Å²) >= 11 is 6.75. The summed E-state index contributed by atoms with van der Waals surface area (Å²) in [4.78, 5) is 39.8. The lowest BCUT2D eigenvalue weighted by atomic mass is 10.1. The fraction of sp³-hybridized carbons (Fsp3) is 0.238. The van der Waals surface area contributed by atoms with Crippen molar-refractivity contribution < 1.29 is 18.8 Å². The van der Waals surface area contributed by atoms with Gasteiger partial charge in [0.25, 0.3) is 17.7 Å². The Morgan fingerprint density at radius 1 is 1.19 bits per heavy atom. The van der Waals surface area contributed by atoms with Gasteiger partial charge in [-0.3, -0.25) is 19.3 Å². The van der Waals surface area contributed by atoms with Gasteiger partial charge in [0.2, 0.25) is 0 Å². The van der Waals surface area contributed by atoms with E-state index in [0.29, 0.717) is 10.7 Å². The first-order valence-corrected chi connectivity index (χ1v) is 10.6. The maximum Gasteiger partial charge on any atom is 0.273 e. The molecule has 0 aliphatic heterocycles. The van der Waals surface area contributed by atoms with Crippen LogP contribution in [0.15, 0.2) is 47.1 Å². The van der Waals surface area contributed by atoms with Gasteiger partial charge in [0.05, 0.1) is 12.0 Å². The molecule has 0 fully saturated rings. The second kappa shape index (κ2) is 9.01. The topological polar surface area (TPSA) is 145 Å². The zero-order valence-electron chi connectivity index (χ0n) is 17.6. The van der Waals surface area contributed by atoms with E-state index >= 15 is 0 Å². The van der Waals surface area contributed by atoms with Crippen molar-refractivity contribution >= 4 is 52.2 Å². The van der Waals surface area contributed by atoms with Crippen LogP contribution in [0.2, 0.25) is 5.02 Å². The number of anilines is 2. The Morgan fingerprint density at radius 3 is 2.34 bits per heavy atom. The van der Waals surface area contributed by atoms with Crippen LogP contribution < -0.4 is 21.7 Å². The number of carbonyl (C=O) groups excluding carboxylic acids is 3. The first-order chi connectivity index (χ1) is 15.0. The summed E-state index contributed by atoms with van der Waals surface area (Å²) in [5.74, 6) is -1.76. The van der Waals surface area contributed by atoms with Gasteiger partial charge in [0, 0.05) is 16.2 Å². The van der Waals surface area contributed by atoms with Gasteiger partial charge in [-0.05, 0) is 68.7 Å². The van der Waals surface area contributed by atoms with Crippen LogP contribution in [0.5, 0.6) is 0 Å². The van der Waals surface area contributed by atoms with Crippen LogP contribution in [-0.4, -0.2) is 27.6 Å². The van der Waals surface area contributed by atoms with Crippen LogP contribution in [0.3, 0.4) is 0 Å². The number of halogens is 1. The molecule has 0 saturated heterocycles. The number of nitrogens with one attached hydrogen (secondary N) is 1. The molecule has 1 aromatic carbocycles. The third-order valence-corrected chi connectivity index (χ3v) is 5.40. The molecule has 0 saturated carbocycles. The Morgan fingerprint density at radius 2 is 1.84 bits per heavy atom. The molecule has 9 nitrogen and oxygen atoms in total. The van der Waals surface area contributed by atoms with Crippen LogP contribution in [0, 0.1) is 0 Å². The molecule has 5 N–H and O–H groups in total. The van der Waals surface area contributed by atoms with Crippen LogP contribution >= 0.6 is 23.1 Å². The van der Waals surface area contributed by atoms with Crippen molar-refractivity contribution in [3.8, 4) is 0 Å². The molecule has 2 aromatic heterocycles. The maximum absolute atomic E-state index is 13.7. The van der Waals surface area contributed by atoms with Gasteiger partial charge in [-0.15, -0.1) is 0 Å². The van der Waals surface area contributed by atoms with E-state index in [1.807, 2.05) is 20.8 Å². The Kier molecular flexibility index (Phi) is 6.56. The first kappa shape index (κ1) is 23.3. The number of primary amides is 1. The van der Waals surface area contributed by atoms with E-state index in [4.69, 9.17) is 27.5 Å². The standard InChI is InChI=1S/C21H22ClN5O4S/c1-21(2,3)25-19(29)16(13-5-4-10-31-13)27(12-8-6-11(22)7-9-12)20(30)17-14(23)15(18(24)28)26-32-17/h4-10,16H,23H2,1-3H3,(H2,24,28)(H,25,29). The smallest absolute Gasteiger partial charge is 0.273 e. The van der Waals surface area contributed by atoms with E-state index in [1.165, 1.54) is 11.2 Å². The van der Waals surface area contributed by atoms with E-state index < -0.39 is 29.3 Å². The predicted octanol–water partition coefficient (Wildman–Crippen LogP) is 3.37. The lowest BCUT2D eigenvalue weighted by molar-refractivity contribution is -0.124. The number of amides is 3. The molecule has 0 spiro atoms. The van der Waals surface area contributed by atoms with Gasteiger partial charge in [-0.2, -0.15) is 4.37 Å². The Bertz CT molecular complexity index is 1140. The van der Waals surface area contributed by atoms with Crippen molar-refractivity contribution in [2.45, 2.75) is 32.4 Å². The molecule has 1 unspecified atom stereocenters. The van der Waals surface area contributed by atoms with Crippen molar-refractivity contribution in [1.29, 1.82) is 0 Å². The van der Waals surface area contributed by atoms with E-state index in [1.54, 1.807) is 36.4 Å². The third-order valence-electron chi connectivity index (χ3n) is 4.30. The number of hydrogen-bond acceptors (Lipinski definition) is 7. The Hall–Kier alpha value is -3.37. The average Bonchev–Trinajstić information content (AvgIpc) is 3.34. The molecule has 0 radical (unpaired) electrons. The number of furan rings is 1. The molecule has 0 bridgehead atoms. The molecule has 3 rings (SSSR count). The summed E-state index contributed by atoms with van der Waals surface area (Å²) in [6.45, 7) is 5.45. The van der Waals surface area contributed by atoms with Crippen LogP contribution in [0.1, 0.15) is 52.7 Å². The van der Waals surface area contributed by atoms with Gasteiger partial charge in [0.1, 0.15) is 10.6 Å². The molecule has 1 atom stereocenters. The number of hydrogen-bond donors (Lipinski definition) is 3. The highest BCUT2D eigenvalue weighted by Crippen LogP contribution is 2.34. The molecule has 2 heterocycles. The van der Waals surface area contributed by atoms with Gasteiger partial charge >= 0.3 is 0 Å². The number of benzene rings is 1. The van der Waals surface area contributed by atoms with Crippen molar-refractivity contribution in [2.75, 3.05) is 10.6 Å². The average molecular weight is 476 g/mol. The summed E-state index contributed by atoms with van der Waals surface area (Å²) in [5, 5.41) is 3.32. The van der Waals surface area contributed by atoms with Crippen molar-refractivity contribution in [1.82, 2.24) is 9.69 Å². The SMILES string of the molecule is CC(C)(C)NC(=O)C(c1ccco1)N(C(=O)c1snc(C(N)=O)c1N)c1ccc(Cl)cc1. The van der Waals surface area contributed by atoms with Gasteiger partial charge in [0.15, 0.2) is 11.7 Å². The molecule has 168 valence electrons. The largest absolute Gasteiger partial charge is 0.467 e. The summed E-state index contributed by atoms with van der Waals surface area (Å²) in [6.07, 6.45) is 1.41. The monoisotopic (exact) mass is 475 g/mol. The van der Waals surface area contributed by atoms with Gasteiger partial charge in [-0.25, -0.2) is 0 Å². The van der Waals surface area contributed by atoms with Crippen LogP contribution in [0.4, 0.5) is 11.4 Å². The second-order valence-electron chi connectivity index (χ2n) is 7.95. The highest BCUT2D eigenvalue weighted by atomic mass is 35.5. The fourth-order valence-electron chi connectivity index (χ4n) is 2.98. The van der Waals surface area contributed by atoms with E-state index in [0.717, 1.165) is 11.5 Å². The number of nitrogens with zero attached hydrogens (tertiary/aromatic N) is 2. The van der Waals surface area contributed by atoms with Crippen molar-refractivity contribution in [2.24, 2.45) is 5.73 Å². The summed E-state index contributed by atoms with van der Waals surface area (Å²) in [5.41, 5.74) is 10.7. The molecule has 0 aliphatic rings. The van der Waals surface area contributed by atoms with Crippen molar-refractivity contribution in [3.05, 3.63) is 64.0 Å². The number of aromatic nitrogens is 1. The zero-order valence-corrected chi connectivity index (χ0v) is 19.2. The molecule has 0 aliphatic carbocycles. The summed E-state index contributed by atoms with van der Waals surface area (Å²) < 4.78 is 9.42. The van der Waals surface area contributed by atoms with Gasteiger partial charge in [-0.1, -0.05) is 11.6 Å². The zero-order chi connectivity index (χ0) is 23.6. The van der Waals surface area contributed by atoms with Crippen molar-refractivity contribution in [3.63, 3.8) is 0 Å². The number of rotatable bonds is 6. The van der Waals surface area contributed by atoms with Crippen LogP contribution in [0.25, 0.3) is 0 Å². The minimum absolute atomic E-state index is 0.0335. The Balaban J connectivity index is 2.18. The predicted molar refractivity (Wildman–Crippen MR) is 123 cm³/mol. The quantitative estimate of drug-likeness (QED) is 0.498. The maximum atomic E-state index is 13.7. The number of nitrogens with two attached hydrogens (primary N) is 2. The Labute approximate surface area is 193 Å². The van der Waals surface area contributed by atoms with Crippen LogP contribution in [-0.2, 0) is 4.79 Å².